The first-order chi connectivity index (χ1) is 9.15. The van der Waals surface area contributed by atoms with Crippen molar-refractivity contribution in [2.45, 2.75) is 13.0 Å². The lowest BCUT2D eigenvalue weighted by Crippen LogP contribution is -2.07. The highest BCUT2D eigenvalue weighted by molar-refractivity contribution is 7.08. The van der Waals surface area contributed by atoms with Gasteiger partial charge in [0.15, 0.2) is 0 Å². The van der Waals surface area contributed by atoms with E-state index in [1.165, 1.54) is 5.56 Å². The fraction of sp³-hybridized carbons (Fsp3) is 0.286. The molecule has 0 aliphatic rings. The number of benzene rings is 1. The Morgan fingerprint density at radius 3 is 2.53 bits per heavy atom. The molecule has 0 radical (unpaired) electrons. The van der Waals surface area contributed by atoms with E-state index in [0.29, 0.717) is 16.5 Å². The van der Waals surface area contributed by atoms with Gasteiger partial charge in [0.25, 0.3) is 0 Å². The van der Waals surface area contributed by atoms with Gasteiger partial charge in [0.1, 0.15) is 11.5 Å². The van der Waals surface area contributed by atoms with Gasteiger partial charge >= 0.3 is 0 Å². The van der Waals surface area contributed by atoms with E-state index in [1.807, 2.05) is 6.07 Å². The summed E-state index contributed by atoms with van der Waals surface area (Å²) in [6.07, 6.45) is 0. The Morgan fingerprint density at radius 1 is 1.21 bits per heavy atom. The largest absolute Gasteiger partial charge is 0.495 e. The van der Waals surface area contributed by atoms with Crippen molar-refractivity contribution in [1.29, 1.82) is 0 Å². The molecule has 0 amide bonds. The maximum absolute atomic E-state index is 6.15. The zero-order chi connectivity index (χ0) is 13.8. The number of anilines is 1. The predicted molar refractivity (Wildman–Crippen MR) is 80.9 cm³/mol. The summed E-state index contributed by atoms with van der Waals surface area (Å²) in [7, 11) is 3.21. The van der Waals surface area contributed by atoms with Crippen LogP contribution < -0.4 is 14.8 Å². The van der Waals surface area contributed by atoms with E-state index in [4.69, 9.17) is 21.1 Å². The Hall–Kier alpha value is -1.39. The van der Waals surface area contributed by atoms with Gasteiger partial charge in [-0.2, -0.15) is 11.3 Å². The van der Waals surface area contributed by atoms with Crippen LogP contribution in [-0.2, 0) is 0 Å². The molecule has 1 atom stereocenters. The Morgan fingerprint density at radius 2 is 1.95 bits per heavy atom. The van der Waals surface area contributed by atoms with Crippen molar-refractivity contribution in [2.24, 2.45) is 0 Å². The van der Waals surface area contributed by atoms with Gasteiger partial charge in [-0.05, 0) is 35.4 Å². The third kappa shape index (κ3) is 3.14. The molecule has 102 valence electrons. The van der Waals surface area contributed by atoms with Crippen LogP contribution in [0, 0.1) is 0 Å². The van der Waals surface area contributed by atoms with Crippen LogP contribution in [-0.4, -0.2) is 14.2 Å². The van der Waals surface area contributed by atoms with Crippen LogP contribution in [0.25, 0.3) is 0 Å². The van der Waals surface area contributed by atoms with E-state index in [1.54, 1.807) is 31.6 Å². The number of nitrogens with one attached hydrogen (secondary N) is 1. The summed E-state index contributed by atoms with van der Waals surface area (Å²) in [5.41, 5.74) is 2.09. The van der Waals surface area contributed by atoms with Gasteiger partial charge < -0.3 is 14.8 Å². The Balaban J connectivity index is 2.26. The summed E-state index contributed by atoms with van der Waals surface area (Å²) in [4.78, 5) is 0. The monoisotopic (exact) mass is 297 g/mol. The molecule has 19 heavy (non-hydrogen) atoms. The number of hydrogen-bond acceptors (Lipinski definition) is 4. The van der Waals surface area contributed by atoms with Gasteiger partial charge in [-0.15, -0.1) is 0 Å². The minimum atomic E-state index is 0.185. The average Bonchev–Trinajstić information content (AvgIpc) is 2.93. The molecule has 1 unspecified atom stereocenters. The fourth-order valence-electron chi connectivity index (χ4n) is 1.81. The maximum Gasteiger partial charge on any atom is 0.145 e. The van der Waals surface area contributed by atoms with Crippen molar-refractivity contribution in [1.82, 2.24) is 0 Å². The van der Waals surface area contributed by atoms with Gasteiger partial charge in [0.2, 0.25) is 0 Å². The standard InChI is InChI=1S/C14H16ClNO2S/c1-9(10-4-5-19-8-10)16-12-6-11(15)13(17-2)7-14(12)18-3/h4-9,16H,1-3H3. The molecule has 0 saturated heterocycles. The number of hydrogen-bond donors (Lipinski definition) is 1. The van der Waals surface area contributed by atoms with Crippen LogP contribution in [0.4, 0.5) is 5.69 Å². The second kappa shape index (κ2) is 6.17. The Kier molecular flexibility index (Phi) is 4.56. The number of thiophene rings is 1. The SMILES string of the molecule is COc1cc(OC)c(NC(C)c2ccsc2)cc1Cl. The summed E-state index contributed by atoms with van der Waals surface area (Å²) in [5, 5.41) is 8.14. The molecule has 1 N–H and O–H groups in total. The molecule has 1 aromatic heterocycles. The van der Waals surface area contributed by atoms with Crippen molar-refractivity contribution >= 4 is 28.6 Å². The van der Waals surface area contributed by atoms with Crippen LogP contribution in [0.3, 0.4) is 0 Å². The van der Waals surface area contributed by atoms with Gasteiger partial charge in [0.05, 0.1) is 24.9 Å². The fourth-order valence-corrected chi connectivity index (χ4v) is 2.81. The number of methoxy groups -OCH3 is 2. The second-order valence-electron chi connectivity index (χ2n) is 4.11. The molecule has 1 aromatic carbocycles. The summed E-state index contributed by atoms with van der Waals surface area (Å²) < 4.78 is 10.5. The molecule has 0 aliphatic heterocycles. The first-order valence-corrected chi connectivity index (χ1v) is 7.18. The smallest absolute Gasteiger partial charge is 0.145 e. The summed E-state index contributed by atoms with van der Waals surface area (Å²) in [6, 6.07) is 5.89. The molecular formula is C14H16ClNO2S. The van der Waals surface area contributed by atoms with Crippen molar-refractivity contribution in [3.8, 4) is 11.5 Å². The maximum atomic E-state index is 6.15. The molecule has 5 heteroatoms. The first-order valence-electron chi connectivity index (χ1n) is 5.86. The van der Waals surface area contributed by atoms with E-state index in [-0.39, 0.29) is 6.04 Å². The lowest BCUT2D eigenvalue weighted by atomic mass is 10.1. The molecule has 1 heterocycles. The van der Waals surface area contributed by atoms with Crippen molar-refractivity contribution < 1.29 is 9.47 Å². The van der Waals surface area contributed by atoms with Gasteiger partial charge in [-0.25, -0.2) is 0 Å². The third-order valence-corrected chi connectivity index (χ3v) is 3.89. The van der Waals surface area contributed by atoms with E-state index < -0.39 is 0 Å². The topological polar surface area (TPSA) is 30.5 Å². The zero-order valence-corrected chi connectivity index (χ0v) is 12.6. The van der Waals surface area contributed by atoms with Gasteiger partial charge in [-0.1, -0.05) is 11.6 Å². The quantitative estimate of drug-likeness (QED) is 0.875. The van der Waals surface area contributed by atoms with Crippen LogP contribution in [0.5, 0.6) is 11.5 Å². The molecule has 0 fully saturated rings. The molecule has 2 aromatic rings. The van der Waals surface area contributed by atoms with Crippen LogP contribution in [0.1, 0.15) is 18.5 Å². The van der Waals surface area contributed by atoms with E-state index in [2.05, 4.69) is 29.1 Å². The van der Waals surface area contributed by atoms with E-state index in [9.17, 15) is 0 Å². The molecule has 0 bridgehead atoms. The van der Waals surface area contributed by atoms with Crippen molar-refractivity contribution in [3.05, 3.63) is 39.5 Å². The van der Waals surface area contributed by atoms with Crippen molar-refractivity contribution in [2.75, 3.05) is 19.5 Å². The summed E-state index contributed by atoms with van der Waals surface area (Å²) in [6.45, 7) is 2.10. The summed E-state index contributed by atoms with van der Waals surface area (Å²) >= 11 is 7.83. The Labute approximate surface area is 122 Å². The molecule has 3 nitrogen and oxygen atoms in total. The number of rotatable bonds is 5. The highest BCUT2D eigenvalue weighted by Crippen LogP contribution is 2.37. The normalized spacial score (nSPS) is 12.0. The number of ether oxygens (including phenoxy) is 2. The molecule has 0 aliphatic carbocycles. The average molecular weight is 298 g/mol. The minimum absolute atomic E-state index is 0.185. The van der Waals surface area contributed by atoms with Gasteiger partial charge in [0, 0.05) is 12.1 Å². The summed E-state index contributed by atoms with van der Waals surface area (Å²) in [5.74, 6) is 1.32. The highest BCUT2D eigenvalue weighted by atomic mass is 35.5. The number of halogens is 1. The minimum Gasteiger partial charge on any atom is -0.495 e. The van der Waals surface area contributed by atoms with Crippen molar-refractivity contribution in [3.63, 3.8) is 0 Å². The Bertz CT molecular complexity index is 543. The van der Waals surface area contributed by atoms with Crippen LogP contribution in [0.2, 0.25) is 5.02 Å². The molecular weight excluding hydrogens is 282 g/mol. The second-order valence-corrected chi connectivity index (χ2v) is 5.30. The first kappa shape index (κ1) is 14.0. The third-order valence-electron chi connectivity index (χ3n) is 2.89. The van der Waals surface area contributed by atoms with Crippen LogP contribution in [0.15, 0.2) is 29.0 Å². The van der Waals surface area contributed by atoms with E-state index in [0.717, 1.165) is 5.69 Å². The zero-order valence-electron chi connectivity index (χ0n) is 11.1. The predicted octanol–water partition coefficient (Wildman–Crippen LogP) is 4.59. The van der Waals surface area contributed by atoms with E-state index >= 15 is 0 Å². The van der Waals surface area contributed by atoms with Gasteiger partial charge in [-0.3, -0.25) is 0 Å². The lowest BCUT2D eigenvalue weighted by molar-refractivity contribution is 0.395. The molecule has 2 rings (SSSR count). The van der Waals surface area contributed by atoms with Crippen LogP contribution >= 0.6 is 22.9 Å². The lowest BCUT2D eigenvalue weighted by Gasteiger charge is -2.18. The molecule has 0 saturated carbocycles. The highest BCUT2D eigenvalue weighted by Gasteiger charge is 2.13. The molecule has 0 spiro atoms.